The summed E-state index contributed by atoms with van der Waals surface area (Å²) >= 11 is 3.27. The van der Waals surface area contributed by atoms with Crippen LogP contribution in [0, 0.1) is 5.82 Å². The van der Waals surface area contributed by atoms with E-state index < -0.39 is 0 Å². The molecule has 3 aromatic rings. The summed E-state index contributed by atoms with van der Waals surface area (Å²) in [6.45, 7) is 7.18. The van der Waals surface area contributed by atoms with Gasteiger partial charge in [0.05, 0.1) is 26.3 Å². The maximum atomic E-state index is 13.6. The highest BCUT2D eigenvalue weighted by atomic mass is 32.2. The van der Waals surface area contributed by atoms with E-state index in [0.29, 0.717) is 0 Å². The monoisotopic (exact) mass is 383 g/mol. The van der Waals surface area contributed by atoms with Crippen LogP contribution in [0.4, 0.5) is 15.8 Å². The van der Waals surface area contributed by atoms with Crippen molar-refractivity contribution < 1.29 is 4.39 Å². The second kappa shape index (κ2) is 6.78. The summed E-state index contributed by atoms with van der Waals surface area (Å²) in [5.74, 6) is -0.220. The van der Waals surface area contributed by atoms with Gasteiger partial charge in [0.15, 0.2) is 4.80 Å². The van der Waals surface area contributed by atoms with Crippen LogP contribution in [-0.4, -0.2) is 11.6 Å². The van der Waals surface area contributed by atoms with Gasteiger partial charge >= 0.3 is 0 Å². The second-order valence-electron chi connectivity index (χ2n) is 5.93. The fraction of sp³-hybridized carbons (Fsp3) is 0.150. The zero-order valence-electron chi connectivity index (χ0n) is 14.6. The van der Waals surface area contributed by atoms with Gasteiger partial charge in [0.25, 0.3) is 0 Å². The van der Waals surface area contributed by atoms with Gasteiger partial charge in [-0.1, -0.05) is 47.9 Å². The molecule has 26 heavy (non-hydrogen) atoms. The standard InChI is InChI=1S/C20H18FN3S2/c1-4-24-13(2)18(26-20(24)22-15-8-6-5-7-9-15)19-23(3)16-12-14(21)10-11-17(16)25-19/h5-12H,2,4H2,1,3H3/b19-18+,22-20?. The first kappa shape index (κ1) is 17.1. The van der Waals surface area contributed by atoms with Crippen LogP contribution in [0.2, 0.25) is 0 Å². The molecule has 1 aliphatic heterocycles. The van der Waals surface area contributed by atoms with Crippen molar-refractivity contribution in [1.29, 1.82) is 0 Å². The maximum Gasteiger partial charge on any atom is 0.191 e. The van der Waals surface area contributed by atoms with E-state index in [1.807, 2.05) is 48.3 Å². The van der Waals surface area contributed by atoms with Crippen molar-refractivity contribution in [2.75, 3.05) is 11.9 Å². The fourth-order valence-corrected chi connectivity index (χ4v) is 5.43. The number of aromatic nitrogens is 1. The van der Waals surface area contributed by atoms with E-state index in [-0.39, 0.29) is 5.82 Å². The maximum absolute atomic E-state index is 13.6. The van der Waals surface area contributed by atoms with Crippen molar-refractivity contribution in [3.05, 3.63) is 69.0 Å². The smallest absolute Gasteiger partial charge is 0.191 e. The Morgan fingerprint density at radius 3 is 2.65 bits per heavy atom. The Hall–Kier alpha value is -2.31. The third-order valence-electron chi connectivity index (χ3n) is 4.30. The first-order valence-electron chi connectivity index (χ1n) is 8.32. The predicted molar refractivity (Wildman–Crippen MR) is 108 cm³/mol. The minimum atomic E-state index is -0.220. The van der Waals surface area contributed by atoms with Gasteiger partial charge < -0.3 is 9.47 Å². The molecule has 0 amide bonds. The Balaban J connectivity index is 1.93. The van der Waals surface area contributed by atoms with Gasteiger partial charge in [-0.15, -0.1) is 0 Å². The van der Waals surface area contributed by atoms with Crippen molar-refractivity contribution in [3.8, 4) is 0 Å². The molecule has 0 aliphatic carbocycles. The molecule has 0 bridgehead atoms. The molecule has 0 saturated carbocycles. The number of halogens is 1. The Morgan fingerprint density at radius 2 is 1.92 bits per heavy atom. The second-order valence-corrected chi connectivity index (χ2v) is 7.94. The minimum Gasteiger partial charge on any atom is -0.337 e. The molecule has 2 aromatic carbocycles. The summed E-state index contributed by atoms with van der Waals surface area (Å²) in [6.07, 6.45) is 0. The van der Waals surface area contributed by atoms with E-state index in [1.54, 1.807) is 29.2 Å². The van der Waals surface area contributed by atoms with Crippen LogP contribution in [0.25, 0.3) is 11.6 Å². The lowest BCUT2D eigenvalue weighted by molar-refractivity contribution is 0.627. The SMILES string of the molecule is C=c1/c(=C2\Sc3ccc(F)cc3N2C)sc(=Nc2ccccc2)n1CC. The van der Waals surface area contributed by atoms with Crippen molar-refractivity contribution in [3.63, 3.8) is 0 Å². The van der Waals surface area contributed by atoms with Crippen LogP contribution in [-0.2, 0) is 6.54 Å². The summed E-state index contributed by atoms with van der Waals surface area (Å²) in [7, 11) is 1.97. The first-order valence-corrected chi connectivity index (χ1v) is 9.95. The molecule has 0 N–H and O–H groups in total. The number of nitrogens with zero attached hydrogens (tertiary/aromatic N) is 3. The third kappa shape index (κ3) is 2.89. The van der Waals surface area contributed by atoms with Crippen LogP contribution < -0.4 is 19.6 Å². The van der Waals surface area contributed by atoms with E-state index in [0.717, 1.165) is 42.5 Å². The molecule has 2 heterocycles. The third-order valence-corrected chi connectivity index (χ3v) is 6.79. The molecule has 0 radical (unpaired) electrons. The summed E-state index contributed by atoms with van der Waals surface area (Å²) in [5, 5.41) is 2.01. The predicted octanol–water partition coefficient (Wildman–Crippen LogP) is 3.66. The van der Waals surface area contributed by atoms with Crippen LogP contribution in [0.1, 0.15) is 6.92 Å². The van der Waals surface area contributed by atoms with Crippen molar-refractivity contribution >= 4 is 46.1 Å². The largest absolute Gasteiger partial charge is 0.337 e. The molecule has 3 nitrogen and oxygen atoms in total. The fourth-order valence-electron chi connectivity index (χ4n) is 2.95. The van der Waals surface area contributed by atoms with Crippen molar-refractivity contribution in [2.45, 2.75) is 18.4 Å². The molecule has 1 aromatic heterocycles. The lowest BCUT2D eigenvalue weighted by Gasteiger charge is -2.12. The molecular formula is C20H18FN3S2. The molecule has 0 spiro atoms. The Bertz CT molecular complexity index is 1150. The molecule has 1 aliphatic rings. The van der Waals surface area contributed by atoms with Crippen molar-refractivity contribution in [1.82, 2.24) is 4.57 Å². The zero-order chi connectivity index (χ0) is 18.3. The number of thiazole rings is 1. The Morgan fingerprint density at radius 1 is 1.15 bits per heavy atom. The van der Waals surface area contributed by atoms with Crippen LogP contribution in [0.3, 0.4) is 0 Å². The lowest BCUT2D eigenvalue weighted by Crippen LogP contribution is -2.33. The molecule has 4 rings (SSSR count). The summed E-state index contributed by atoms with van der Waals surface area (Å²) in [6, 6.07) is 14.8. The van der Waals surface area contributed by atoms with Gasteiger partial charge in [-0.3, -0.25) is 0 Å². The van der Waals surface area contributed by atoms with Gasteiger partial charge in [-0.05, 0) is 37.3 Å². The first-order chi connectivity index (χ1) is 12.6. The average molecular weight is 384 g/mol. The van der Waals surface area contributed by atoms with Gasteiger partial charge in [0.2, 0.25) is 0 Å². The summed E-state index contributed by atoms with van der Waals surface area (Å²) in [5.41, 5.74) is 1.81. The lowest BCUT2D eigenvalue weighted by atomic mass is 10.3. The number of hydrogen-bond acceptors (Lipinski definition) is 4. The van der Waals surface area contributed by atoms with E-state index >= 15 is 0 Å². The van der Waals surface area contributed by atoms with Crippen molar-refractivity contribution in [2.24, 2.45) is 4.99 Å². The van der Waals surface area contributed by atoms with E-state index in [4.69, 9.17) is 4.99 Å². The van der Waals surface area contributed by atoms with Gasteiger partial charge in [-0.2, -0.15) is 0 Å². The van der Waals surface area contributed by atoms with Crippen LogP contribution in [0.5, 0.6) is 0 Å². The highest BCUT2D eigenvalue weighted by Crippen LogP contribution is 2.45. The molecule has 6 heteroatoms. The highest BCUT2D eigenvalue weighted by Gasteiger charge is 2.24. The van der Waals surface area contributed by atoms with Crippen LogP contribution in [0.15, 0.2) is 58.4 Å². The van der Waals surface area contributed by atoms with Crippen LogP contribution >= 0.6 is 23.1 Å². The van der Waals surface area contributed by atoms with Gasteiger partial charge in [0, 0.05) is 18.5 Å². The highest BCUT2D eigenvalue weighted by molar-refractivity contribution is 8.08. The van der Waals surface area contributed by atoms with Gasteiger partial charge in [-0.25, -0.2) is 9.38 Å². The summed E-state index contributed by atoms with van der Waals surface area (Å²) in [4.78, 5) is 8.81. The van der Waals surface area contributed by atoms with Gasteiger partial charge in [0.1, 0.15) is 5.82 Å². The Labute approximate surface area is 159 Å². The number of hydrogen-bond donors (Lipinski definition) is 0. The quantitative estimate of drug-likeness (QED) is 0.673. The molecule has 0 atom stereocenters. The zero-order valence-corrected chi connectivity index (χ0v) is 16.2. The van der Waals surface area contributed by atoms with E-state index in [9.17, 15) is 4.39 Å². The normalized spacial score (nSPS) is 16.3. The summed E-state index contributed by atoms with van der Waals surface area (Å²) < 4.78 is 16.8. The average Bonchev–Trinajstić information content (AvgIpc) is 3.12. The number of benzene rings is 2. The molecule has 0 saturated heterocycles. The number of thioether (sulfide) groups is 1. The number of anilines is 1. The molecule has 132 valence electrons. The number of fused-ring (bicyclic) bond motifs is 1. The Kier molecular flexibility index (Phi) is 4.46. The minimum absolute atomic E-state index is 0.220. The molecule has 0 unspecified atom stereocenters. The number of rotatable bonds is 2. The topological polar surface area (TPSA) is 20.5 Å². The number of para-hydroxylation sites is 1. The van der Waals surface area contributed by atoms with E-state index in [1.165, 1.54) is 6.07 Å². The van der Waals surface area contributed by atoms with E-state index in [2.05, 4.69) is 18.1 Å². The molecule has 0 fully saturated rings. The molecular weight excluding hydrogens is 365 g/mol.